The van der Waals surface area contributed by atoms with Gasteiger partial charge in [-0.1, -0.05) is 57.5 Å². The fourth-order valence-electron chi connectivity index (χ4n) is 4.06. The zero-order chi connectivity index (χ0) is 31.1. The summed E-state index contributed by atoms with van der Waals surface area (Å²) in [5.41, 5.74) is 7.33. The van der Waals surface area contributed by atoms with E-state index in [1.165, 1.54) is 0 Å². The average Bonchev–Trinajstić information content (AvgIpc) is 2.91. The second-order valence-electron chi connectivity index (χ2n) is 10.7. The summed E-state index contributed by atoms with van der Waals surface area (Å²) in [5, 5.41) is 5.51. The van der Waals surface area contributed by atoms with Gasteiger partial charge in [0.15, 0.2) is 9.84 Å². The predicted molar refractivity (Wildman–Crippen MR) is 157 cm³/mol. The van der Waals surface area contributed by atoms with Crippen LogP contribution in [0.4, 0.5) is 13.6 Å². The maximum atomic E-state index is 13.8. The molecule has 4 N–H and O–H groups in total. The van der Waals surface area contributed by atoms with E-state index in [-0.39, 0.29) is 30.9 Å². The number of hydrogen-bond donors (Lipinski definition) is 3. The number of benzene rings is 2. The molecule has 0 heterocycles. The van der Waals surface area contributed by atoms with Crippen LogP contribution in [0.25, 0.3) is 0 Å². The van der Waals surface area contributed by atoms with E-state index in [0.717, 1.165) is 24.6 Å². The second kappa shape index (κ2) is 17.8. The molecule has 9 nitrogen and oxygen atoms in total. The fraction of sp³-hybridized carbons (Fsp3) is 0.533. The molecule has 0 aliphatic heterocycles. The van der Waals surface area contributed by atoms with Gasteiger partial charge in [0.25, 0.3) is 0 Å². The Labute approximate surface area is 247 Å². The van der Waals surface area contributed by atoms with Crippen molar-refractivity contribution in [2.45, 2.75) is 71.2 Å². The summed E-state index contributed by atoms with van der Waals surface area (Å²) in [6, 6.07) is 9.40. The van der Waals surface area contributed by atoms with E-state index >= 15 is 0 Å². The lowest BCUT2D eigenvalue weighted by atomic mass is 10.0. The SMILES string of the molecule is CCCCS(=O)(=O)C[C@@H](NC(=O)OCc1ccccc1)C(=O)O[C@H](CNCCC(C)C)[C@@H](N)Cc1cc(F)cc(F)c1. The first-order valence-electron chi connectivity index (χ1n) is 14.2. The number of rotatable bonds is 18. The van der Waals surface area contributed by atoms with Gasteiger partial charge in [0.2, 0.25) is 0 Å². The molecular weight excluding hydrogens is 568 g/mol. The van der Waals surface area contributed by atoms with Crippen molar-refractivity contribution < 1.29 is 36.3 Å². The Bertz CT molecular complexity index is 1210. The summed E-state index contributed by atoms with van der Waals surface area (Å²) < 4.78 is 63.9. The molecule has 12 heteroatoms. The van der Waals surface area contributed by atoms with Crippen molar-refractivity contribution in [3.63, 3.8) is 0 Å². The van der Waals surface area contributed by atoms with E-state index in [0.29, 0.717) is 30.9 Å². The number of carbonyl (C=O) groups is 2. The van der Waals surface area contributed by atoms with Gasteiger partial charge >= 0.3 is 12.1 Å². The quantitative estimate of drug-likeness (QED) is 0.171. The molecular formula is C30H43F2N3O6S. The fourth-order valence-corrected chi connectivity index (χ4v) is 5.68. The molecule has 3 atom stereocenters. The van der Waals surface area contributed by atoms with Gasteiger partial charge in [-0.3, -0.25) is 0 Å². The standard InChI is InChI=1S/C30H43F2N3O6S/c1-4-5-13-42(38,39)20-27(35-30(37)40-19-22-9-7-6-8-10-22)29(36)41-28(18-34-12-11-21(2)3)26(33)16-23-14-24(31)17-25(32)15-23/h6-10,14-15,17,21,26-28,34H,4-5,11-13,16,18-20,33H2,1-3H3,(H,35,37)/t26-,27+,28+/m0/s1. The van der Waals surface area contributed by atoms with Gasteiger partial charge in [0, 0.05) is 18.7 Å². The zero-order valence-electron chi connectivity index (χ0n) is 24.5. The minimum atomic E-state index is -3.75. The molecule has 0 saturated heterocycles. The first-order valence-corrected chi connectivity index (χ1v) is 16.0. The van der Waals surface area contributed by atoms with Crippen LogP contribution in [0.15, 0.2) is 48.5 Å². The lowest BCUT2D eigenvalue weighted by Crippen LogP contribution is -2.52. The summed E-state index contributed by atoms with van der Waals surface area (Å²) in [7, 11) is -3.75. The number of carbonyl (C=O) groups excluding carboxylic acids is 2. The molecule has 2 rings (SSSR count). The number of alkyl carbamates (subject to hydrolysis) is 1. The molecule has 0 radical (unpaired) electrons. The summed E-state index contributed by atoms with van der Waals surface area (Å²) in [6.45, 7) is 6.54. The molecule has 2 aromatic carbocycles. The van der Waals surface area contributed by atoms with Crippen molar-refractivity contribution in [1.29, 1.82) is 0 Å². The molecule has 0 fully saturated rings. The molecule has 2 aromatic rings. The smallest absolute Gasteiger partial charge is 0.408 e. The number of hydrogen-bond acceptors (Lipinski definition) is 8. The third-order valence-corrected chi connectivity index (χ3v) is 8.15. The summed E-state index contributed by atoms with van der Waals surface area (Å²) in [4.78, 5) is 25.9. The number of amides is 1. The van der Waals surface area contributed by atoms with Gasteiger partial charge < -0.3 is 25.8 Å². The molecule has 0 aliphatic carbocycles. The van der Waals surface area contributed by atoms with Crippen LogP contribution in [0.1, 0.15) is 51.2 Å². The highest BCUT2D eigenvalue weighted by atomic mass is 32.2. The summed E-state index contributed by atoms with van der Waals surface area (Å²) in [5.74, 6) is -2.99. The maximum absolute atomic E-state index is 13.8. The molecule has 234 valence electrons. The largest absolute Gasteiger partial charge is 0.458 e. The Balaban J connectivity index is 2.20. The number of esters is 1. The number of halogens is 2. The third kappa shape index (κ3) is 13.7. The highest BCUT2D eigenvalue weighted by Gasteiger charge is 2.32. The monoisotopic (exact) mass is 611 g/mol. The third-order valence-electron chi connectivity index (χ3n) is 6.40. The van der Waals surface area contributed by atoms with Crippen LogP contribution < -0.4 is 16.4 Å². The van der Waals surface area contributed by atoms with E-state index in [2.05, 4.69) is 24.5 Å². The van der Waals surface area contributed by atoms with Crippen molar-refractivity contribution in [3.8, 4) is 0 Å². The number of nitrogens with two attached hydrogens (primary N) is 1. The van der Waals surface area contributed by atoms with E-state index < -0.39 is 57.5 Å². The lowest BCUT2D eigenvalue weighted by Gasteiger charge is -2.27. The normalized spacial score (nSPS) is 13.8. The summed E-state index contributed by atoms with van der Waals surface area (Å²) in [6.07, 6.45) is -0.167. The number of nitrogens with one attached hydrogen (secondary N) is 2. The summed E-state index contributed by atoms with van der Waals surface area (Å²) >= 11 is 0. The minimum absolute atomic E-state index is 0.0233. The molecule has 42 heavy (non-hydrogen) atoms. The molecule has 0 saturated carbocycles. The Morgan fingerprint density at radius 1 is 1.02 bits per heavy atom. The van der Waals surface area contributed by atoms with Gasteiger partial charge in [-0.05, 0) is 55.0 Å². The first kappa shape index (κ1) is 35.1. The van der Waals surface area contributed by atoms with Crippen LogP contribution in [-0.2, 0) is 37.1 Å². The molecule has 0 unspecified atom stereocenters. The highest BCUT2D eigenvalue weighted by Crippen LogP contribution is 2.13. The van der Waals surface area contributed by atoms with Crippen LogP contribution in [0.2, 0.25) is 0 Å². The Morgan fingerprint density at radius 2 is 1.69 bits per heavy atom. The average molecular weight is 612 g/mol. The topological polar surface area (TPSA) is 137 Å². The maximum Gasteiger partial charge on any atom is 0.408 e. The Morgan fingerprint density at radius 3 is 2.31 bits per heavy atom. The number of unbranched alkanes of at least 4 members (excludes halogenated alkanes) is 1. The zero-order valence-corrected chi connectivity index (χ0v) is 25.3. The van der Waals surface area contributed by atoms with Crippen LogP contribution in [0, 0.1) is 17.6 Å². The van der Waals surface area contributed by atoms with E-state index in [1.54, 1.807) is 30.3 Å². The van der Waals surface area contributed by atoms with Crippen LogP contribution in [0.5, 0.6) is 0 Å². The molecule has 1 amide bonds. The van der Waals surface area contributed by atoms with Gasteiger partial charge in [0.05, 0.1) is 11.5 Å². The van der Waals surface area contributed by atoms with E-state index in [1.807, 2.05) is 6.92 Å². The second-order valence-corrected chi connectivity index (χ2v) is 13.0. The molecule has 0 aromatic heterocycles. The molecule has 0 bridgehead atoms. The van der Waals surface area contributed by atoms with Gasteiger partial charge in [-0.15, -0.1) is 0 Å². The van der Waals surface area contributed by atoms with Crippen LogP contribution in [0.3, 0.4) is 0 Å². The van der Waals surface area contributed by atoms with Crippen molar-refractivity contribution in [2.24, 2.45) is 11.7 Å². The van der Waals surface area contributed by atoms with Crippen molar-refractivity contribution in [3.05, 3.63) is 71.3 Å². The van der Waals surface area contributed by atoms with Gasteiger partial charge in [0.1, 0.15) is 30.4 Å². The number of sulfone groups is 1. The highest BCUT2D eigenvalue weighted by molar-refractivity contribution is 7.91. The molecule has 0 spiro atoms. The number of ether oxygens (including phenoxy) is 2. The van der Waals surface area contributed by atoms with Crippen molar-refractivity contribution >= 4 is 21.9 Å². The van der Waals surface area contributed by atoms with Crippen molar-refractivity contribution in [2.75, 3.05) is 24.6 Å². The predicted octanol–water partition coefficient (Wildman–Crippen LogP) is 3.89. The van der Waals surface area contributed by atoms with Gasteiger partial charge in [-0.25, -0.2) is 26.8 Å². The molecule has 0 aliphatic rings. The van der Waals surface area contributed by atoms with Gasteiger partial charge in [-0.2, -0.15) is 0 Å². The van der Waals surface area contributed by atoms with Crippen LogP contribution >= 0.6 is 0 Å². The van der Waals surface area contributed by atoms with Crippen LogP contribution in [-0.4, -0.2) is 63.3 Å². The first-order chi connectivity index (χ1) is 19.9. The Kier molecular flexibility index (Phi) is 14.9. The van der Waals surface area contributed by atoms with E-state index in [9.17, 15) is 26.8 Å². The van der Waals surface area contributed by atoms with E-state index in [4.69, 9.17) is 15.2 Å². The van der Waals surface area contributed by atoms with Crippen molar-refractivity contribution in [1.82, 2.24) is 10.6 Å². The lowest BCUT2D eigenvalue weighted by molar-refractivity contribution is -0.151. The Hall–Kier alpha value is -3.09. The minimum Gasteiger partial charge on any atom is -0.458 e.